The molecule has 1 amide bonds. The fourth-order valence-corrected chi connectivity index (χ4v) is 12.8. The van der Waals surface area contributed by atoms with Gasteiger partial charge in [-0.3, -0.25) is 4.79 Å². The summed E-state index contributed by atoms with van der Waals surface area (Å²) in [7, 11) is 0. The van der Waals surface area contributed by atoms with Crippen molar-refractivity contribution in [3.05, 3.63) is 48.6 Å². The van der Waals surface area contributed by atoms with Crippen LogP contribution in [0, 0.1) is 0 Å². The van der Waals surface area contributed by atoms with Gasteiger partial charge in [0.05, 0.1) is 32.0 Å². The number of allylic oxidation sites excluding steroid dienone is 7. The van der Waals surface area contributed by atoms with Crippen molar-refractivity contribution in [2.24, 2.45) is 0 Å². The molecule has 2 aliphatic heterocycles. The molecule has 2 fully saturated rings. The summed E-state index contributed by atoms with van der Waals surface area (Å²) in [6.07, 6.45) is 66.1. The molecule has 2 saturated heterocycles. The van der Waals surface area contributed by atoms with E-state index in [9.17, 15) is 45.6 Å². The summed E-state index contributed by atoms with van der Waals surface area (Å²) in [5.74, 6) is -0.237. The second-order valence-corrected chi connectivity index (χ2v) is 27.5. The summed E-state index contributed by atoms with van der Waals surface area (Å²) >= 11 is 0. The van der Waals surface area contributed by atoms with Crippen molar-refractivity contribution in [3.8, 4) is 0 Å². The van der Waals surface area contributed by atoms with Crippen LogP contribution in [0.25, 0.3) is 0 Å². The Morgan fingerprint density at radius 2 is 0.717 bits per heavy atom. The molecular weight excluding hydrogens is 1160 g/mol. The van der Waals surface area contributed by atoms with Gasteiger partial charge in [0.15, 0.2) is 12.6 Å². The Labute approximate surface area is 563 Å². The highest BCUT2D eigenvalue weighted by atomic mass is 16.7. The van der Waals surface area contributed by atoms with Crippen LogP contribution in [0.1, 0.15) is 348 Å². The van der Waals surface area contributed by atoms with Gasteiger partial charge in [0.25, 0.3) is 0 Å². The third kappa shape index (κ3) is 45.5. The van der Waals surface area contributed by atoms with Gasteiger partial charge < -0.3 is 65.1 Å². The Balaban J connectivity index is 1.64. The maximum absolute atomic E-state index is 13.4. The van der Waals surface area contributed by atoms with Gasteiger partial charge in [0.1, 0.15) is 48.8 Å². The number of aliphatic hydroxyl groups is 8. The molecule has 0 aromatic heterocycles. The lowest BCUT2D eigenvalue weighted by molar-refractivity contribution is -0.359. The van der Waals surface area contributed by atoms with Crippen LogP contribution in [0.3, 0.4) is 0 Å². The zero-order valence-corrected chi connectivity index (χ0v) is 59.1. The van der Waals surface area contributed by atoms with Gasteiger partial charge in [0.2, 0.25) is 5.91 Å². The predicted octanol–water partition coefficient (Wildman–Crippen LogP) is 17.0. The molecule has 2 heterocycles. The van der Waals surface area contributed by atoms with Crippen molar-refractivity contribution >= 4 is 5.91 Å². The number of carbonyl (C=O) groups is 1. The van der Waals surface area contributed by atoms with Crippen LogP contribution in [-0.4, -0.2) is 140 Å². The second-order valence-electron chi connectivity index (χ2n) is 27.5. The number of ether oxygens (including phenoxy) is 4. The number of nitrogens with one attached hydrogen (secondary N) is 1. The fourth-order valence-electron chi connectivity index (χ4n) is 12.8. The molecule has 0 radical (unpaired) electrons. The molecule has 2 rings (SSSR count). The Bertz CT molecular complexity index is 1730. The first-order valence-electron chi connectivity index (χ1n) is 38.9. The lowest BCUT2D eigenvalue weighted by Gasteiger charge is -2.46. The minimum atomic E-state index is -1.79. The van der Waals surface area contributed by atoms with Crippen LogP contribution < -0.4 is 5.32 Å². The third-order valence-corrected chi connectivity index (χ3v) is 19.0. The predicted molar refractivity (Wildman–Crippen MR) is 378 cm³/mol. The van der Waals surface area contributed by atoms with E-state index in [2.05, 4.69) is 55.6 Å². The van der Waals surface area contributed by atoms with Crippen molar-refractivity contribution in [2.75, 3.05) is 19.8 Å². The number of hydrogen-bond acceptors (Lipinski definition) is 13. The minimum absolute atomic E-state index is 0.237. The first-order valence-corrected chi connectivity index (χ1v) is 38.9. The van der Waals surface area contributed by atoms with Gasteiger partial charge in [-0.25, -0.2) is 0 Å². The van der Waals surface area contributed by atoms with Gasteiger partial charge in [0, 0.05) is 6.42 Å². The van der Waals surface area contributed by atoms with Gasteiger partial charge >= 0.3 is 0 Å². The van der Waals surface area contributed by atoms with Gasteiger partial charge in [-0.15, -0.1) is 0 Å². The Hall–Kier alpha value is -2.05. The summed E-state index contributed by atoms with van der Waals surface area (Å²) in [5, 5.41) is 87.6. The van der Waals surface area contributed by atoms with E-state index in [0.29, 0.717) is 6.42 Å². The zero-order valence-electron chi connectivity index (χ0n) is 59.1. The van der Waals surface area contributed by atoms with Crippen molar-refractivity contribution in [3.63, 3.8) is 0 Å². The number of unbranched alkanes of at least 4 members (excludes halogenated alkanes) is 46. The number of hydrogen-bond donors (Lipinski definition) is 9. The van der Waals surface area contributed by atoms with Crippen LogP contribution in [-0.2, 0) is 23.7 Å². The Morgan fingerprint density at radius 1 is 0.391 bits per heavy atom. The van der Waals surface area contributed by atoms with Gasteiger partial charge in [-0.05, 0) is 57.8 Å². The average Bonchev–Trinajstić information content (AvgIpc) is 0.882. The number of aliphatic hydroxyl groups excluding tert-OH is 8. The van der Waals surface area contributed by atoms with E-state index < -0.39 is 86.8 Å². The first kappa shape index (κ1) is 86.0. The molecule has 0 spiro atoms. The smallest absolute Gasteiger partial charge is 0.220 e. The van der Waals surface area contributed by atoms with Crippen molar-refractivity contribution in [1.82, 2.24) is 5.32 Å². The summed E-state index contributed by atoms with van der Waals surface area (Å²) in [6.45, 7) is 2.84. The SMILES string of the molecule is CCCCCCC/C=C\C/C=C\C/C=C\CCCCCCCCCCCCCCC(=O)NC(COC1OC(CO)C(OC2OC(CO)C(O)C(O)C2O)C(O)C1O)C(O)/C=C/CCCCCCCCCCCCCCCCCCCCCCCCCCCCCCC. The van der Waals surface area contributed by atoms with Gasteiger partial charge in [-0.1, -0.05) is 332 Å². The largest absolute Gasteiger partial charge is 0.394 e. The molecule has 0 aliphatic carbocycles. The van der Waals surface area contributed by atoms with Crippen LogP contribution in [0.5, 0.6) is 0 Å². The van der Waals surface area contributed by atoms with E-state index in [0.717, 1.165) is 51.4 Å². The summed E-state index contributed by atoms with van der Waals surface area (Å²) in [6, 6.07) is -0.919. The van der Waals surface area contributed by atoms with E-state index in [1.54, 1.807) is 6.08 Å². The van der Waals surface area contributed by atoms with Crippen molar-refractivity contribution < 1.29 is 64.6 Å². The fraction of sp³-hybridized carbons (Fsp3) is 0.885. The molecule has 9 N–H and O–H groups in total. The topological polar surface area (TPSA) is 228 Å². The highest BCUT2D eigenvalue weighted by molar-refractivity contribution is 5.76. The van der Waals surface area contributed by atoms with E-state index in [-0.39, 0.29) is 18.9 Å². The second kappa shape index (κ2) is 62.5. The van der Waals surface area contributed by atoms with Crippen LogP contribution in [0.2, 0.25) is 0 Å². The maximum Gasteiger partial charge on any atom is 0.220 e. The number of rotatable bonds is 65. The molecule has 14 nitrogen and oxygen atoms in total. The molecule has 12 atom stereocenters. The lowest BCUT2D eigenvalue weighted by atomic mass is 9.97. The summed E-state index contributed by atoms with van der Waals surface area (Å²) < 4.78 is 22.9. The average molecular weight is 1310 g/mol. The van der Waals surface area contributed by atoms with Crippen LogP contribution in [0.4, 0.5) is 0 Å². The maximum atomic E-state index is 13.4. The zero-order chi connectivity index (χ0) is 66.6. The minimum Gasteiger partial charge on any atom is -0.394 e. The quantitative estimate of drug-likeness (QED) is 0.0204. The molecule has 0 bridgehead atoms. The molecule has 0 aromatic rings. The van der Waals surface area contributed by atoms with Crippen LogP contribution >= 0.6 is 0 Å². The molecule has 2 aliphatic rings. The van der Waals surface area contributed by atoms with E-state index in [1.165, 1.54) is 270 Å². The summed E-state index contributed by atoms with van der Waals surface area (Å²) in [5.41, 5.74) is 0. The van der Waals surface area contributed by atoms with Crippen molar-refractivity contribution in [1.29, 1.82) is 0 Å². The van der Waals surface area contributed by atoms with E-state index in [1.807, 2.05) is 6.08 Å². The first-order chi connectivity index (χ1) is 45.1. The highest BCUT2D eigenvalue weighted by Crippen LogP contribution is 2.30. The van der Waals surface area contributed by atoms with Crippen molar-refractivity contribution in [2.45, 2.75) is 421 Å². The van der Waals surface area contributed by atoms with E-state index >= 15 is 0 Å². The monoisotopic (exact) mass is 1300 g/mol. The standard InChI is InChI=1S/C78H145NO13/c1-3-5-7-9-11-13-15-17-19-21-23-25-27-29-31-32-33-34-36-37-39-41-43-45-47-49-51-53-55-57-59-61-67(82)66(65-89-77-75(88)73(86)76(69(64-81)91-77)92-78-74(87)72(85)71(84)68(63-80)90-78)79-70(83)62-60-58-56-54-52-50-48-46-44-42-40-38-35-30-28-26-24-22-20-18-16-14-12-10-8-6-4-2/h16,18,22,24,28,30,59,61,66-69,71-78,80-82,84-88H,3-15,17,19-21,23,25-27,29,31-58,60,62-65H2,1-2H3,(H,79,83)/b18-16-,24-22-,30-28-,61-59+. The molecule has 92 heavy (non-hydrogen) atoms. The number of carbonyl (C=O) groups excluding carboxylic acids is 1. The van der Waals surface area contributed by atoms with Crippen LogP contribution in [0.15, 0.2) is 48.6 Å². The molecule has 0 saturated carbocycles. The molecule has 14 heteroatoms. The molecule has 540 valence electrons. The third-order valence-electron chi connectivity index (χ3n) is 19.0. The Morgan fingerprint density at radius 3 is 1.10 bits per heavy atom. The molecule has 12 unspecified atom stereocenters. The highest BCUT2D eigenvalue weighted by Gasteiger charge is 2.51. The summed E-state index contributed by atoms with van der Waals surface area (Å²) in [4.78, 5) is 13.4. The van der Waals surface area contributed by atoms with E-state index in [4.69, 9.17) is 18.9 Å². The normalized spacial score (nSPS) is 22.9. The molecule has 0 aromatic carbocycles. The lowest BCUT2D eigenvalue weighted by Crippen LogP contribution is -2.65. The van der Waals surface area contributed by atoms with Gasteiger partial charge in [-0.2, -0.15) is 0 Å². The number of amides is 1. The molecular formula is C78H145NO13. The Kier molecular flexibility index (Phi) is 58.4.